The lowest BCUT2D eigenvalue weighted by Crippen LogP contribution is -2.16. The van der Waals surface area contributed by atoms with E-state index in [0.29, 0.717) is 18.1 Å². The Labute approximate surface area is 98.1 Å². The van der Waals surface area contributed by atoms with Gasteiger partial charge in [-0.15, -0.1) is 0 Å². The van der Waals surface area contributed by atoms with E-state index >= 15 is 0 Å². The van der Waals surface area contributed by atoms with E-state index in [2.05, 4.69) is 24.9 Å². The molecule has 0 amide bonds. The zero-order valence-corrected chi connectivity index (χ0v) is 10.4. The van der Waals surface area contributed by atoms with E-state index in [1.165, 1.54) is 5.56 Å². The van der Waals surface area contributed by atoms with E-state index < -0.39 is 0 Å². The Kier molecular flexibility index (Phi) is 5.17. The average molecular weight is 219 g/mol. The highest BCUT2D eigenvalue weighted by Crippen LogP contribution is 2.14. The van der Waals surface area contributed by atoms with Crippen LogP contribution >= 0.6 is 0 Å². The lowest BCUT2D eigenvalue weighted by molar-refractivity contribution is -0.123. The fraction of sp³-hybridized carbons (Fsp3) is 0.571. The van der Waals surface area contributed by atoms with Gasteiger partial charge in [0.1, 0.15) is 5.78 Å². The molecule has 1 atom stereocenters. The predicted octanol–water partition coefficient (Wildman–Crippen LogP) is 3.27. The quantitative estimate of drug-likeness (QED) is 0.735. The number of Topliss-reactive ketones (excluding diaryl/α,β-unsaturated/α-hetero) is 1. The van der Waals surface area contributed by atoms with Gasteiger partial charge >= 0.3 is 0 Å². The van der Waals surface area contributed by atoms with Gasteiger partial charge < -0.3 is 0 Å². The van der Waals surface area contributed by atoms with Gasteiger partial charge in [0, 0.05) is 24.7 Å². The number of carbonyl (C=O) groups excluding carboxylic acids is 1. The maximum atomic E-state index is 11.8. The Balaban J connectivity index is 2.28. The molecule has 16 heavy (non-hydrogen) atoms. The molecule has 0 aliphatic heterocycles. The second kappa shape index (κ2) is 6.41. The first-order valence-electron chi connectivity index (χ1n) is 6.03. The van der Waals surface area contributed by atoms with Crippen LogP contribution < -0.4 is 0 Å². The normalized spacial score (nSPS) is 12.8. The molecule has 0 aliphatic carbocycles. The van der Waals surface area contributed by atoms with Crippen molar-refractivity contribution < 1.29 is 4.79 Å². The van der Waals surface area contributed by atoms with Crippen LogP contribution in [0.3, 0.4) is 0 Å². The average Bonchev–Trinajstić information content (AvgIpc) is 2.29. The van der Waals surface area contributed by atoms with Crippen molar-refractivity contribution in [1.82, 2.24) is 4.98 Å². The van der Waals surface area contributed by atoms with Gasteiger partial charge in [-0.1, -0.05) is 26.8 Å². The van der Waals surface area contributed by atoms with Gasteiger partial charge in [-0.3, -0.25) is 9.78 Å². The minimum atomic E-state index is 0.189. The molecule has 0 saturated carbocycles. The number of rotatable bonds is 6. The Hall–Kier alpha value is -1.18. The molecule has 0 saturated heterocycles. The van der Waals surface area contributed by atoms with E-state index in [0.717, 1.165) is 12.8 Å². The van der Waals surface area contributed by atoms with Crippen LogP contribution in [0.25, 0.3) is 0 Å². The fourth-order valence-electron chi connectivity index (χ4n) is 1.61. The first kappa shape index (κ1) is 12.9. The van der Waals surface area contributed by atoms with Gasteiger partial charge in [-0.2, -0.15) is 0 Å². The lowest BCUT2D eigenvalue weighted by Gasteiger charge is -2.13. The van der Waals surface area contributed by atoms with Crippen LogP contribution in [0.5, 0.6) is 0 Å². The summed E-state index contributed by atoms with van der Waals surface area (Å²) in [6.45, 7) is 6.23. The van der Waals surface area contributed by atoms with Gasteiger partial charge in [0.25, 0.3) is 0 Å². The topological polar surface area (TPSA) is 30.0 Å². The summed E-state index contributed by atoms with van der Waals surface area (Å²) < 4.78 is 0. The molecule has 0 aromatic carbocycles. The van der Waals surface area contributed by atoms with Crippen molar-refractivity contribution in [3.05, 3.63) is 30.1 Å². The Bertz CT molecular complexity index is 319. The van der Waals surface area contributed by atoms with Crippen LogP contribution in [0.4, 0.5) is 0 Å². The number of aromatic nitrogens is 1. The van der Waals surface area contributed by atoms with Crippen LogP contribution in [0.2, 0.25) is 0 Å². The van der Waals surface area contributed by atoms with Crippen molar-refractivity contribution in [1.29, 1.82) is 0 Å². The number of carbonyl (C=O) groups is 1. The third-order valence-electron chi connectivity index (χ3n) is 3.12. The van der Waals surface area contributed by atoms with Crippen LogP contribution in [0, 0.1) is 11.8 Å². The van der Waals surface area contributed by atoms with Crippen molar-refractivity contribution in [2.45, 2.75) is 40.0 Å². The highest BCUT2D eigenvalue weighted by Gasteiger charge is 2.15. The Morgan fingerprint density at radius 2 is 2.12 bits per heavy atom. The summed E-state index contributed by atoms with van der Waals surface area (Å²) in [6.07, 6.45) is 6.21. The third kappa shape index (κ3) is 4.13. The number of hydrogen-bond donors (Lipinski definition) is 0. The fourth-order valence-corrected chi connectivity index (χ4v) is 1.61. The minimum absolute atomic E-state index is 0.189. The third-order valence-corrected chi connectivity index (χ3v) is 3.12. The monoisotopic (exact) mass is 219 g/mol. The second-order valence-electron chi connectivity index (χ2n) is 4.71. The predicted molar refractivity (Wildman–Crippen MR) is 66.2 cm³/mol. The highest BCUT2D eigenvalue weighted by atomic mass is 16.1. The SMILES string of the molecule is CC(C)C(C)C(=O)CCCc1cccnc1. The molecular weight excluding hydrogens is 198 g/mol. The number of hydrogen-bond acceptors (Lipinski definition) is 2. The van der Waals surface area contributed by atoms with Gasteiger partial charge in [-0.25, -0.2) is 0 Å². The molecule has 1 unspecified atom stereocenters. The van der Waals surface area contributed by atoms with E-state index in [-0.39, 0.29) is 5.92 Å². The molecule has 0 aliphatic rings. The lowest BCUT2D eigenvalue weighted by atomic mass is 9.91. The van der Waals surface area contributed by atoms with Gasteiger partial charge in [0.2, 0.25) is 0 Å². The Morgan fingerprint density at radius 3 is 2.69 bits per heavy atom. The molecule has 0 spiro atoms. The van der Waals surface area contributed by atoms with E-state index in [9.17, 15) is 4.79 Å². The van der Waals surface area contributed by atoms with Crippen molar-refractivity contribution in [3.63, 3.8) is 0 Å². The zero-order valence-electron chi connectivity index (χ0n) is 10.4. The number of nitrogens with zero attached hydrogens (tertiary/aromatic N) is 1. The number of ketones is 1. The molecule has 88 valence electrons. The van der Waals surface area contributed by atoms with Crippen LogP contribution in [0.15, 0.2) is 24.5 Å². The smallest absolute Gasteiger partial charge is 0.135 e. The zero-order chi connectivity index (χ0) is 12.0. The van der Waals surface area contributed by atoms with Gasteiger partial charge in [-0.05, 0) is 30.4 Å². The highest BCUT2D eigenvalue weighted by molar-refractivity contribution is 5.80. The molecule has 1 rings (SSSR count). The molecule has 1 aromatic rings. The molecule has 1 heterocycles. The number of pyridine rings is 1. The van der Waals surface area contributed by atoms with Gasteiger partial charge in [0.15, 0.2) is 0 Å². The maximum Gasteiger partial charge on any atom is 0.135 e. The minimum Gasteiger partial charge on any atom is -0.299 e. The summed E-state index contributed by atoms with van der Waals surface area (Å²) in [5.74, 6) is 1.03. The number of aryl methyl sites for hydroxylation is 1. The summed E-state index contributed by atoms with van der Waals surface area (Å²) >= 11 is 0. The largest absolute Gasteiger partial charge is 0.299 e. The van der Waals surface area contributed by atoms with Crippen LogP contribution in [0.1, 0.15) is 39.2 Å². The van der Waals surface area contributed by atoms with E-state index in [4.69, 9.17) is 0 Å². The van der Waals surface area contributed by atoms with Crippen LogP contribution in [-0.2, 0) is 11.2 Å². The summed E-state index contributed by atoms with van der Waals surface area (Å²) in [5, 5.41) is 0. The Morgan fingerprint density at radius 1 is 1.38 bits per heavy atom. The molecule has 0 fully saturated rings. The van der Waals surface area contributed by atoms with Crippen LogP contribution in [-0.4, -0.2) is 10.8 Å². The molecule has 0 bridgehead atoms. The molecule has 2 heteroatoms. The van der Waals surface area contributed by atoms with Crippen molar-refractivity contribution in [2.24, 2.45) is 11.8 Å². The summed E-state index contributed by atoms with van der Waals surface area (Å²) in [5.41, 5.74) is 1.22. The first-order valence-corrected chi connectivity index (χ1v) is 6.03. The molecular formula is C14H21NO. The summed E-state index contributed by atoms with van der Waals surface area (Å²) in [4.78, 5) is 15.8. The first-order chi connectivity index (χ1) is 7.61. The van der Waals surface area contributed by atoms with Crippen molar-refractivity contribution >= 4 is 5.78 Å². The van der Waals surface area contributed by atoms with Gasteiger partial charge in [0.05, 0.1) is 0 Å². The molecule has 2 nitrogen and oxygen atoms in total. The molecule has 0 N–H and O–H groups in total. The summed E-state index contributed by atoms with van der Waals surface area (Å²) in [6, 6.07) is 4.00. The maximum absolute atomic E-state index is 11.8. The van der Waals surface area contributed by atoms with Crippen molar-refractivity contribution in [2.75, 3.05) is 0 Å². The van der Waals surface area contributed by atoms with Crippen molar-refractivity contribution in [3.8, 4) is 0 Å². The second-order valence-corrected chi connectivity index (χ2v) is 4.71. The molecule has 0 radical (unpaired) electrons. The standard InChI is InChI=1S/C14H21NO/c1-11(2)12(3)14(16)8-4-6-13-7-5-9-15-10-13/h5,7,9-12H,4,6,8H2,1-3H3. The molecule has 1 aromatic heterocycles. The van der Waals surface area contributed by atoms with E-state index in [1.54, 1.807) is 6.20 Å². The summed E-state index contributed by atoms with van der Waals surface area (Å²) in [7, 11) is 0. The van der Waals surface area contributed by atoms with E-state index in [1.807, 2.05) is 19.2 Å².